The maximum Gasteiger partial charge on any atom is 0.304 e. The van der Waals surface area contributed by atoms with Crippen molar-refractivity contribution in [2.75, 3.05) is 13.1 Å². The third-order valence-corrected chi connectivity index (χ3v) is 2.46. The van der Waals surface area contributed by atoms with Crippen LogP contribution in [0, 0.1) is 34.5 Å². The van der Waals surface area contributed by atoms with Crippen molar-refractivity contribution in [3.05, 3.63) is 0 Å². The van der Waals surface area contributed by atoms with Crippen molar-refractivity contribution in [2.45, 2.75) is 25.7 Å². The summed E-state index contributed by atoms with van der Waals surface area (Å²) < 4.78 is 0. The second-order valence-corrected chi connectivity index (χ2v) is 4.16. The molecule has 0 saturated carbocycles. The number of hydrogen-bond acceptors (Lipinski definition) is 6. The van der Waals surface area contributed by atoms with Crippen molar-refractivity contribution in [3.63, 3.8) is 0 Å². The molecule has 0 aromatic rings. The highest BCUT2D eigenvalue weighted by Crippen LogP contribution is 2.09. The van der Waals surface area contributed by atoms with E-state index in [1.54, 1.807) is 0 Å². The van der Waals surface area contributed by atoms with Crippen LogP contribution in [0.25, 0.3) is 0 Å². The zero-order chi connectivity index (χ0) is 15.4. The number of aliphatic carboxylic acids is 2. The summed E-state index contributed by atoms with van der Waals surface area (Å²) in [5, 5.41) is 42.0. The average Bonchev–Trinajstić information content (AvgIpc) is 2.38. The predicted octanol–water partition coefficient (Wildman–Crippen LogP) is 1.45. The van der Waals surface area contributed by atoms with Crippen LogP contribution in [0.3, 0.4) is 0 Å². The molecule has 2 atom stereocenters. The van der Waals surface area contributed by atoms with Crippen molar-refractivity contribution in [3.8, 4) is 12.1 Å². The van der Waals surface area contributed by atoms with Crippen LogP contribution in [0.15, 0.2) is 10.2 Å². The summed E-state index contributed by atoms with van der Waals surface area (Å²) in [4.78, 5) is 20.8. The second kappa shape index (κ2) is 10.4. The second-order valence-electron chi connectivity index (χ2n) is 4.16. The Labute approximate surface area is 116 Å². The molecule has 0 heterocycles. The molecule has 0 saturated heterocycles. The molecular formula is C12H16N4O4. The van der Waals surface area contributed by atoms with Gasteiger partial charge in [-0.15, -0.1) is 0 Å². The number of carboxylic acid groups (broad SMARTS) is 2. The summed E-state index contributed by atoms with van der Waals surface area (Å²) in [6, 6.07) is 3.76. The van der Waals surface area contributed by atoms with Crippen LogP contribution in [0.5, 0.6) is 0 Å². The molecule has 0 aliphatic carbocycles. The van der Waals surface area contributed by atoms with Crippen molar-refractivity contribution in [1.82, 2.24) is 0 Å². The summed E-state index contributed by atoms with van der Waals surface area (Å²) in [6.07, 6.45) is 0.175. The molecule has 108 valence electrons. The average molecular weight is 280 g/mol. The normalized spacial score (nSPS) is 13.3. The van der Waals surface area contributed by atoms with Crippen molar-refractivity contribution in [2.24, 2.45) is 22.1 Å². The molecule has 0 spiro atoms. The van der Waals surface area contributed by atoms with Gasteiger partial charge in [-0.05, 0) is 12.8 Å². The number of rotatable bonds is 10. The lowest BCUT2D eigenvalue weighted by Gasteiger charge is -2.03. The zero-order valence-electron chi connectivity index (χ0n) is 10.9. The summed E-state index contributed by atoms with van der Waals surface area (Å²) in [6.45, 7) is 0.476. The van der Waals surface area contributed by atoms with Crippen LogP contribution in [0.1, 0.15) is 25.7 Å². The molecular weight excluding hydrogens is 264 g/mol. The van der Waals surface area contributed by atoms with Gasteiger partial charge in [0.05, 0.1) is 49.9 Å². The van der Waals surface area contributed by atoms with Crippen LogP contribution in [0.2, 0.25) is 0 Å². The Kier molecular flexibility index (Phi) is 9.15. The van der Waals surface area contributed by atoms with E-state index in [9.17, 15) is 9.59 Å². The molecule has 20 heavy (non-hydrogen) atoms. The zero-order valence-corrected chi connectivity index (χ0v) is 10.9. The van der Waals surface area contributed by atoms with Crippen LogP contribution in [0.4, 0.5) is 0 Å². The van der Waals surface area contributed by atoms with Gasteiger partial charge >= 0.3 is 11.9 Å². The van der Waals surface area contributed by atoms with Gasteiger partial charge in [-0.25, -0.2) is 0 Å². The lowest BCUT2D eigenvalue weighted by atomic mass is 10.0. The highest BCUT2D eigenvalue weighted by molar-refractivity contribution is 5.67. The predicted molar refractivity (Wildman–Crippen MR) is 66.5 cm³/mol. The molecule has 2 unspecified atom stereocenters. The van der Waals surface area contributed by atoms with Gasteiger partial charge in [0.15, 0.2) is 0 Å². The minimum absolute atomic E-state index is 0.221. The van der Waals surface area contributed by atoms with Gasteiger partial charge in [0.25, 0.3) is 0 Å². The van der Waals surface area contributed by atoms with E-state index in [1.165, 1.54) is 0 Å². The number of azo groups is 1. The fourth-order valence-corrected chi connectivity index (χ4v) is 1.41. The summed E-state index contributed by atoms with van der Waals surface area (Å²) in [5.41, 5.74) is 0. The fraction of sp³-hybridized carbons (Fsp3) is 0.667. The van der Waals surface area contributed by atoms with Crippen molar-refractivity contribution >= 4 is 11.9 Å². The first-order chi connectivity index (χ1) is 9.49. The van der Waals surface area contributed by atoms with E-state index < -0.39 is 23.8 Å². The first-order valence-corrected chi connectivity index (χ1v) is 6.05. The number of carbonyl (C=O) groups is 2. The minimum Gasteiger partial charge on any atom is -0.481 e. The summed E-state index contributed by atoms with van der Waals surface area (Å²) in [7, 11) is 0. The number of nitriles is 2. The molecule has 0 bridgehead atoms. The highest BCUT2D eigenvalue weighted by Gasteiger charge is 2.12. The fourth-order valence-electron chi connectivity index (χ4n) is 1.41. The molecule has 0 aromatic carbocycles. The Bertz CT molecular complexity index is 396. The van der Waals surface area contributed by atoms with Gasteiger partial charge < -0.3 is 10.2 Å². The number of hydrogen-bond donors (Lipinski definition) is 2. The van der Waals surface area contributed by atoms with Gasteiger partial charge in [-0.3, -0.25) is 9.59 Å². The van der Waals surface area contributed by atoms with Gasteiger partial charge in [-0.2, -0.15) is 20.8 Å². The Morgan fingerprint density at radius 3 is 1.50 bits per heavy atom. The monoisotopic (exact) mass is 280 g/mol. The molecule has 2 N–H and O–H groups in total. The molecule has 0 fully saturated rings. The standard InChI is InChI=1S/C12H16N4O4/c13-7-9(5-11(17)18)1-3-15-16-4-2-10(8-14)6-12(19)20/h9-10H,1-6H2,(H,17,18)(H,19,20). The SMILES string of the molecule is N#CC(CCN=NCCC(C#N)CC(=O)O)CC(=O)O. The maximum atomic E-state index is 10.4. The largest absolute Gasteiger partial charge is 0.481 e. The van der Waals surface area contributed by atoms with Crippen LogP contribution in [-0.2, 0) is 9.59 Å². The van der Waals surface area contributed by atoms with E-state index in [2.05, 4.69) is 10.2 Å². The molecule has 8 nitrogen and oxygen atoms in total. The number of nitrogens with zero attached hydrogens (tertiary/aromatic N) is 4. The quantitative estimate of drug-likeness (QED) is 0.578. The van der Waals surface area contributed by atoms with Crippen LogP contribution >= 0.6 is 0 Å². The minimum atomic E-state index is -1.03. The third-order valence-electron chi connectivity index (χ3n) is 2.46. The Morgan fingerprint density at radius 2 is 1.25 bits per heavy atom. The molecule has 0 aliphatic rings. The van der Waals surface area contributed by atoms with E-state index in [-0.39, 0.29) is 25.9 Å². The van der Waals surface area contributed by atoms with E-state index in [0.29, 0.717) is 12.8 Å². The summed E-state index contributed by atoms with van der Waals surface area (Å²) in [5.74, 6) is -3.24. The summed E-state index contributed by atoms with van der Waals surface area (Å²) >= 11 is 0. The Hall–Kier alpha value is -2.48. The molecule has 0 aromatic heterocycles. The van der Waals surface area contributed by atoms with E-state index in [0.717, 1.165) is 0 Å². The molecule has 0 aliphatic heterocycles. The molecule has 0 rings (SSSR count). The van der Waals surface area contributed by atoms with Crippen LogP contribution in [-0.4, -0.2) is 35.2 Å². The third kappa shape index (κ3) is 9.54. The topological polar surface area (TPSA) is 147 Å². The van der Waals surface area contributed by atoms with Crippen molar-refractivity contribution < 1.29 is 19.8 Å². The van der Waals surface area contributed by atoms with E-state index in [4.69, 9.17) is 20.7 Å². The van der Waals surface area contributed by atoms with Gasteiger partial charge in [0.2, 0.25) is 0 Å². The van der Waals surface area contributed by atoms with Gasteiger partial charge in [0, 0.05) is 0 Å². The molecule has 8 heteroatoms. The lowest BCUT2D eigenvalue weighted by molar-refractivity contribution is -0.138. The molecule has 0 radical (unpaired) electrons. The lowest BCUT2D eigenvalue weighted by Crippen LogP contribution is -2.07. The molecule has 0 amide bonds. The maximum absolute atomic E-state index is 10.4. The van der Waals surface area contributed by atoms with Crippen LogP contribution < -0.4 is 0 Å². The van der Waals surface area contributed by atoms with E-state index >= 15 is 0 Å². The Morgan fingerprint density at radius 1 is 0.900 bits per heavy atom. The van der Waals surface area contributed by atoms with Gasteiger partial charge in [0.1, 0.15) is 0 Å². The first-order valence-electron chi connectivity index (χ1n) is 6.05. The Balaban J connectivity index is 3.87. The number of carboxylic acids is 2. The highest BCUT2D eigenvalue weighted by atomic mass is 16.4. The van der Waals surface area contributed by atoms with E-state index in [1.807, 2.05) is 12.1 Å². The first kappa shape index (κ1) is 17.5. The smallest absolute Gasteiger partial charge is 0.304 e. The van der Waals surface area contributed by atoms with Crippen molar-refractivity contribution in [1.29, 1.82) is 10.5 Å². The van der Waals surface area contributed by atoms with Gasteiger partial charge in [-0.1, -0.05) is 0 Å².